The van der Waals surface area contributed by atoms with Crippen LogP contribution in [0.25, 0.3) is 11.0 Å². The number of ether oxygens (including phenoxy) is 1. The molecule has 0 aliphatic heterocycles. The third-order valence-corrected chi connectivity index (χ3v) is 6.31. The molecule has 0 radical (unpaired) electrons. The molecule has 0 aliphatic carbocycles. The summed E-state index contributed by atoms with van der Waals surface area (Å²) in [7, 11) is -2.31. The van der Waals surface area contributed by atoms with Gasteiger partial charge < -0.3 is 9.15 Å². The van der Waals surface area contributed by atoms with Crippen molar-refractivity contribution in [2.45, 2.75) is 9.79 Å². The van der Waals surface area contributed by atoms with Gasteiger partial charge in [-0.25, -0.2) is 13.4 Å². The molecular formula is C22H16ClNO4S. The normalized spacial score (nSPS) is 12.3. The quantitative estimate of drug-likeness (QED) is 0.453. The summed E-state index contributed by atoms with van der Waals surface area (Å²) in [5, 5.41) is 1.10. The summed E-state index contributed by atoms with van der Waals surface area (Å²) >= 11 is 6.05. The van der Waals surface area contributed by atoms with Crippen LogP contribution in [0.3, 0.4) is 0 Å². The maximum Gasteiger partial charge on any atom is 0.239 e. The first-order valence-corrected chi connectivity index (χ1v) is 10.6. The van der Waals surface area contributed by atoms with Crippen LogP contribution in [0.1, 0.15) is 0 Å². The predicted molar refractivity (Wildman–Crippen MR) is 111 cm³/mol. The standard InChI is InChI=1S/C22H16ClNO4S/c1-27-18-11-10-15-12-21(29(25,26)19-8-3-2-4-9-19)22(28-20(15)14-18)24-17-7-5-6-16(23)13-17/h2-14H,1H3. The molecule has 7 heteroatoms. The first-order chi connectivity index (χ1) is 14.0. The van der Waals surface area contributed by atoms with Crippen LogP contribution >= 0.6 is 11.6 Å². The van der Waals surface area contributed by atoms with Gasteiger partial charge in [0.15, 0.2) is 0 Å². The molecule has 1 aromatic heterocycles. The lowest BCUT2D eigenvalue weighted by atomic mass is 10.2. The number of nitrogens with zero attached hydrogens (tertiary/aromatic N) is 1. The van der Waals surface area contributed by atoms with Gasteiger partial charge in [0, 0.05) is 16.5 Å². The molecule has 0 fully saturated rings. The number of fused-ring (bicyclic) bond motifs is 1. The highest BCUT2D eigenvalue weighted by molar-refractivity contribution is 7.91. The Labute approximate surface area is 172 Å². The minimum absolute atomic E-state index is 0.0265. The maximum absolute atomic E-state index is 13.3. The molecule has 0 unspecified atom stereocenters. The average molecular weight is 426 g/mol. The number of benzene rings is 3. The summed E-state index contributed by atoms with van der Waals surface area (Å²) in [6.45, 7) is 0. The van der Waals surface area contributed by atoms with Gasteiger partial charge in [0.1, 0.15) is 16.2 Å². The maximum atomic E-state index is 13.3. The molecule has 5 nitrogen and oxygen atoms in total. The van der Waals surface area contributed by atoms with Crippen LogP contribution < -0.4 is 10.3 Å². The molecule has 3 aromatic carbocycles. The van der Waals surface area contributed by atoms with E-state index < -0.39 is 9.84 Å². The molecule has 1 heterocycles. The molecule has 146 valence electrons. The summed E-state index contributed by atoms with van der Waals surface area (Å²) in [6, 6.07) is 21.7. The predicted octanol–water partition coefficient (Wildman–Crippen LogP) is 5.16. The van der Waals surface area contributed by atoms with Crippen LogP contribution in [0.2, 0.25) is 5.02 Å². The number of rotatable bonds is 4. The molecule has 0 saturated carbocycles. The second-order valence-electron chi connectivity index (χ2n) is 6.23. The Hall–Kier alpha value is -3.09. The van der Waals surface area contributed by atoms with E-state index in [4.69, 9.17) is 20.8 Å². The highest BCUT2D eigenvalue weighted by Gasteiger charge is 2.22. The fraction of sp³-hybridized carbons (Fsp3) is 0.0455. The van der Waals surface area contributed by atoms with Gasteiger partial charge in [0.25, 0.3) is 0 Å². The third kappa shape index (κ3) is 3.90. The molecule has 0 aliphatic rings. The number of methoxy groups -OCH3 is 1. The van der Waals surface area contributed by atoms with Crippen molar-refractivity contribution in [3.8, 4) is 5.75 Å². The average Bonchev–Trinajstić information content (AvgIpc) is 2.73. The number of halogens is 1. The molecule has 0 amide bonds. The van der Waals surface area contributed by atoms with Gasteiger partial charge in [-0.05, 0) is 48.5 Å². The Morgan fingerprint density at radius 1 is 0.931 bits per heavy atom. The van der Waals surface area contributed by atoms with Crippen molar-refractivity contribution in [2.24, 2.45) is 4.99 Å². The monoisotopic (exact) mass is 425 g/mol. The summed E-state index contributed by atoms with van der Waals surface area (Å²) in [5.74, 6) is 0.591. The van der Waals surface area contributed by atoms with Crippen molar-refractivity contribution in [3.05, 3.63) is 89.4 Å². The molecule has 0 saturated heterocycles. The van der Waals surface area contributed by atoms with Crippen molar-refractivity contribution >= 4 is 38.1 Å². The molecule has 29 heavy (non-hydrogen) atoms. The van der Waals surface area contributed by atoms with Gasteiger partial charge in [0.05, 0.1) is 17.7 Å². The highest BCUT2D eigenvalue weighted by Crippen LogP contribution is 2.25. The first-order valence-electron chi connectivity index (χ1n) is 8.70. The number of hydrogen-bond donors (Lipinski definition) is 0. The summed E-state index contributed by atoms with van der Waals surface area (Å²) in [5.41, 5.74) is 0.905. The topological polar surface area (TPSA) is 68.9 Å². The van der Waals surface area contributed by atoms with Crippen molar-refractivity contribution in [2.75, 3.05) is 7.11 Å². The van der Waals surface area contributed by atoms with Gasteiger partial charge in [-0.15, -0.1) is 0 Å². The van der Waals surface area contributed by atoms with E-state index in [0.717, 1.165) is 0 Å². The lowest BCUT2D eigenvalue weighted by Crippen LogP contribution is -2.15. The minimum atomic E-state index is -3.86. The summed E-state index contributed by atoms with van der Waals surface area (Å²) in [6.07, 6.45) is 0. The lowest BCUT2D eigenvalue weighted by molar-refractivity contribution is 0.413. The molecule has 4 aromatic rings. The lowest BCUT2D eigenvalue weighted by Gasteiger charge is -2.08. The van der Waals surface area contributed by atoms with Crippen molar-refractivity contribution in [3.63, 3.8) is 0 Å². The van der Waals surface area contributed by atoms with E-state index in [1.165, 1.54) is 12.1 Å². The van der Waals surface area contributed by atoms with Crippen LogP contribution in [-0.2, 0) is 9.84 Å². The Balaban J connectivity index is 2.04. The minimum Gasteiger partial charge on any atom is -0.497 e. The van der Waals surface area contributed by atoms with Gasteiger partial charge in [0.2, 0.25) is 15.4 Å². The van der Waals surface area contributed by atoms with E-state index in [-0.39, 0.29) is 15.3 Å². The van der Waals surface area contributed by atoms with E-state index >= 15 is 0 Å². The van der Waals surface area contributed by atoms with Crippen molar-refractivity contribution < 1.29 is 17.6 Å². The molecule has 0 N–H and O–H groups in total. The molecule has 4 rings (SSSR count). The molecular weight excluding hydrogens is 410 g/mol. The van der Waals surface area contributed by atoms with Gasteiger partial charge >= 0.3 is 0 Å². The van der Waals surface area contributed by atoms with Crippen LogP contribution in [0.4, 0.5) is 5.69 Å². The van der Waals surface area contributed by atoms with E-state index in [9.17, 15) is 8.42 Å². The van der Waals surface area contributed by atoms with Crippen LogP contribution in [0.15, 0.2) is 98.1 Å². The molecule has 0 spiro atoms. The van der Waals surface area contributed by atoms with E-state index in [1.807, 2.05) is 0 Å². The second kappa shape index (κ2) is 7.73. The zero-order valence-electron chi connectivity index (χ0n) is 15.4. The molecule has 0 atom stereocenters. The van der Waals surface area contributed by atoms with E-state index in [1.54, 1.807) is 73.8 Å². The summed E-state index contributed by atoms with van der Waals surface area (Å²) < 4.78 is 37.8. The van der Waals surface area contributed by atoms with Crippen molar-refractivity contribution in [1.82, 2.24) is 0 Å². The zero-order valence-corrected chi connectivity index (χ0v) is 16.9. The fourth-order valence-corrected chi connectivity index (χ4v) is 4.42. The second-order valence-corrected chi connectivity index (χ2v) is 8.58. The van der Waals surface area contributed by atoms with Crippen LogP contribution in [0, 0.1) is 0 Å². The number of hydrogen-bond acceptors (Lipinski definition) is 5. The Morgan fingerprint density at radius 2 is 1.72 bits per heavy atom. The molecule has 0 bridgehead atoms. The first kappa shape index (κ1) is 19.2. The summed E-state index contributed by atoms with van der Waals surface area (Å²) in [4.78, 5) is 4.56. The van der Waals surface area contributed by atoms with Gasteiger partial charge in [-0.3, -0.25) is 0 Å². The largest absolute Gasteiger partial charge is 0.497 e. The van der Waals surface area contributed by atoms with Crippen LogP contribution in [0.5, 0.6) is 5.75 Å². The van der Waals surface area contributed by atoms with Gasteiger partial charge in [-0.1, -0.05) is 35.9 Å². The fourth-order valence-electron chi connectivity index (χ4n) is 2.87. The van der Waals surface area contributed by atoms with Gasteiger partial charge in [-0.2, -0.15) is 0 Å². The Kier molecular flexibility index (Phi) is 5.13. The smallest absolute Gasteiger partial charge is 0.239 e. The van der Waals surface area contributed by atoms with Crippen molar-refractivity contribution in [1.29, 1.82) is 0 Å². The third-order valence-electron chi connectivity index (χ3n) is 4.31. The SMILES string of the molecule is COc1ccc2cc(S(=O)(=O)c3ccccc3)c(=Nc3cccc(Cl)c3)oc2c1. The Bertz CT molecular complexity index is 1360. The van der Waals surface area contributed by atoms with Crippen LogP contribution in [-0.4, -0.2) is 15.5 Å². The Morgan fingerprint density at radius 3 is 2.45 bits per heavy atom. The number of sulfone groups is 1. The van der Waals surface area contributed by atoms with E-state index in [0.29, 0.717) is 27.4 Å². The highest BCUT2D eigenvalue weighted by atomic mass is 35.5. The zero-order chi connectivity index (χ0) is 20.4. The van der Waals surface area contributed by atoms with E-state index in [2.05, 4.69) is 4.99 Å².